The summed E-state index contributed by atoms with van der Waals surface area (Å²) in [7, 11) is 0. The van der Waals surface area contributed by atoms with E-state index in [1.165, 1.54) is 30.3 Å². The second-order valence-corrected chi connectivity index (χ2v) is 5.41. The van der Waals surface area contributed by atoms with Gasteiger partial charge in [-0.2, -0.15) is 13.2 Å². The van der Waals surface area contributed by atoms with Gasteiger partial charge in [0.1, 0.15) is 5.75 Å². The predicted octanol–water partition coefficient (Wildman–Crippen LogP) is 4.56. The second kappa shape index (κ2) is 5.31. The lowest BCUT2D eigenvalue weighted by atomic mass is 10.0. The summed E-state index contributed by atoms with van der Waals surface area (Å²) < 4.78 is 38.2. The standard InChI is InChI=1S/C16H9ClF3NO2/c17-10-2-4-14(22)8(5-10)6-12-11-3-1-9(16(18,19)20)7-13(11)21-15(12)23/h1-7,22H,(H,21,23)/b12-6-. The van der Waals surface area contributed by atoms with Gasteiger partial charge < -0.3 is 10.4 Å². The highest BCUT2D eigenvalue weighted by atomic mass is 35.5. The highest BCUT2D eigenvalue weighted by molar-refractivity contribution is 6.35. The number of anilines is 1. The summed E-state index contributed by atoms with van der Waals surface area (Å²) in [6.45, 7) is 0. The maximum atomic E-state index is 12.7. The first-order valence-corrected chi connectivity index (χ1v) is 6.87. The lowest BCUT2D eigenvalue weighted by Gasteiger charge is -2.08. The summed E-state index contributed by atoms with van der Waals surface area (Å²) in [5.74, 6) is -0.631. The largest absolute Gasteiger partial charge is 0.507 e. The maximum Gasteiger partial charge on any atom is 0.416 e. The third-order valence-electron chi connectivity index (χ3n) is 3.42. The number of phenolic OH excluding ortho intramolecular Hbond substituents is 1. The number of nitrogens with one attached hydrogen (secondary N) is 1. The van der Waals surface area contributed by atoms with Crippen molar-refractivity contribution >= 4 is 34.8 Å². The van der Waals surface area contributed by atoms with Crippen molar-refractivity contribution in [3.63, 3.8) is 0 Å². The van der Waals surface area contributed by atoms with Crippen molar-refractivity contribution in [1.82, 2.24) is 0 Å². The van der Waals surface area contributed by atoms with Gasteiger partial charge in [0, 0.05) is 27.4 Å². The molecule has 2 N–H and O–H groups in total. The van der Waals surface area contributed by atoms with Gasteiger partial charge in [-0.05, 0) is 36.4 Å². The van der Waals surface area contributed by atoms with E-state index in [-0.39, 0.29) is 17.0 Å². The quantitative estimate of drug-likeness (QED) is 0.748. The average molecular weight is 340 g/mol. The Hall–Kier alpha value is -2.47. The lowest BCUT2D eigenvalue weighted by Crippen LogP contribution is -2.06. The van der Waals surface area contributed by atoms with E-state index in [0.717, 1.165) is 12.1 Å². The van der Waals surface area contributed by atoms with Gasteiger partial charge in [-0.1, -0.05) is 17.7 Å². The molecular formula is C16H9ClF3NO2. The minimum absolute atomic E-state index is 0.0811. The van der Waals surface area contributed by atoms with E-state index in [0.29, 0.717) is 16.1 Å². The first-order valence-electron chi connectivity index (χ1n) is 6.49. The molecule has 0 spiro atoms. The predicted molar refractivity (Wildman–Crippen MR) is 81.1 cm³/mol. The molecule has 0 aromatic heterocycles. The molecule has 0 fully saturated rings. The molecule has 1 aliphatic heterocycles. The van der Waals surface area contributed by atoms with Crippen molar-refractivity contribution in [2.75, 3.05) is 5.32 Å². The summed E-state index contributed by atoms with van der Waals surface area (Å²) in [5.41, 5.74) is 0.0325. The molecule has 3 rings (SSSR count). The van der Waals surface area contributed by atoms with E-state index in [9.17, 15) is 23.1 Å². The van der Waals surface area contributed by atoms with Gasteiger partial charge in [-0.25, -0.2) is 0 Å². The molecule has 0 saturated heterocycles. The molecule has 0 saturated carbocycles. The van der Waals surface area contributed by atoms with Crippen LogP contribution in [0.3, 0.4) is 0 Å². The Labute approximate surface area is 134 Å². The maximum absolute atomic E-state index is 12.7. The third-order valence-corrected chi connectivity index (χ3v) is 3.65. The van der Waals surface area contributed by atoms with Crippen molar-refractivity contribution in [3.8, 4) is 5.75 Å². The fraction of sp³-hybridized carbons (Fsp3) is 0.0625. The molecule has 1 aliphatic rings. The zero-order valence-electron chi connectivity index (χ0n) is 11.4. The first-order chi connectivity index (χ1) is 10.8. The van der Waals surface area contributed by atoms with Crippen LogP contribution in [0.5, 0.6) is 5.75 Å². The van der Waals surface area contributed by atoms with Crippen LogP contribution in [-0.4, -0.2) is 11.0 Å². The molecule has 2 aromatic rings. The lowest BCUT2D eigenvalue weighted by molar-refractivity contribution is -0.137. The number of carbonyl (C=O) groups excluding carboxylic acids is 1. The molecule has 1 heterocycles. The van der Waals surface area contributed by atoms with E-state index < -0.39 is 17.6 Å². The van der Waals surface area contributed by atoms with Crippen LogP contribution >= 0.6 is 11.6 Å². The topological polar surface area (TPSA) is 49.3 Å². The van der Waals surface area contributed by atoms with Gasteiger partial charge in [-0.3, -0.25) is 4.79 Å². The molecule has 3 nitrogen and oxygen atoms in total. The molecule has 2 aromatic carbocycles. The fourth-order valence-corrected chi connectivity index (χ4v) is 2.49. The molecular weight excluding hydrogens is 331 g/mol. The number of halogens is 4. The van der Waals surface area contributed by atoms with E-state index >= 15 is 0 Å². The monoisotopic (exact) mass is 339 g/mol. The summed E-state index contributed by atoms with van der Waals surface area (Å²) in [6.07, 6.45) is -3.10. The van der Waals surface area contributed by atoms with Gasteiger partial charge >= 0.3 is 6.18 Å². The van der Waals surface area contributed by atoms with Crippen LogP contribution in [-0.2, 0) is 11.0 Å². The van der Waals surface area contributed by atoms with Gasteiger partial charge in [0.15, 0.2) is 0 Å². The van der Waals surface area contributed by atoms with Crippen LogP contribution in [0.15, 0.2) is 36.4 Å². The zero-order chi connectivity index (χ0) is 16.8. The Kier molecular flexibility index (Phi) is 3.56. The SMILES string of the molecule is O=C1Nc2cc(C(F)(F)F)ccc2/C1=C/c1cc(Cl)ccc1O. The summed E-state index contributed by atoms with van der Waals surface area (Å²) in [6, 6.07) is 7.33. The zero-order valence-corrected chi connectivity index (χ0v) is 12.2. The number of carbonyl (C=O) groups is 1. The van der Waals surface area contributed by atoms with Crippen molar-refractivity contribution in [2.45, 2.75) is 6.18 Å². The van der Waals surface area contributed by atoms with E-state index in [1.54, 1.807) is 0 Å². The van der Waals surface area contributed by atoms with Crippen LogP contribution in [0.1, 0.15) is 16.7 Å². The number of alkyl halides is 3. The molecule has 0 aliphatic carbocycles. The highest BCUT2D eigenvalue weighted by Crippen LogP contribution is 2.39. The third kappa shape index (κ3) is 2.90. The number of phenols is 1. The Morgan fingerprint density at radius 1 is 1.13 bits per heavy atom. The average Bonchev–Trinajstić information content (AvgIpc) is 2.77. The summed E-state index contributed by atoms with van der Waals surface area (Å²) >= 11 is 5.84. The van der Waals surface area contributed by atoms with E-state index in [2.05, 4.69) is 5.32 Å². The first kappa shape index (κ1) is 15.4. The molecule has 118 valence electrons. The molecule has 0 unspecified atom stereocenters. The number of rotatable bonds is 1. The van der Waals surface area contributed by atoms with Crippen LogP contribution in [0, 0.1) is 0 Å². The molecule has 0 bridgehead atoms. The van der Waals surface area contributed by atoms with Crippen molar-refractivity contribution < 1.29 is 23.1 Å². The summed E-state index contributed by atoms with van der Waals surface area (Å²) in [5, 5.41) is 12.6. The Morgan fingerprint density at radius 3 is 2.57 bits per heavy atom. The molecule has 7 heteroatoms. The molecule has 0 atom stereocenters. The van der Waals surface area contributed by atoms with Crippen LogP contribution in [0.25, 0.3) is 11.6 Å². The van der Waals surface area contributed by atoms with Crippen LogP contribution in [0.2, 0.25) is 5.02 Å². The van der Waals surface area contributed by atoms with Gasteiger partial charge in [0.05, 0.1) is 5.56 Å². The number of amides is 1. The van der Waals surface area contributed by atoms with Crippen molar-refractivity contribution in [2.24, 2.45) is 0 Å². The molecule has 1 amide bonds. The van der Waals surface area contributed by atoms with E-state index in [4.69, 9.17) is 11.6 Å². The fourth-order valence-electron chi connectivity index (χ4n) is 2.31. The van der Waals surface area contributed by atoms with Crippen LogP contribution < -0.4 is 5.32 Å². The Morgan fingerprint density at radius 2 is 1.87 bits per heavy atom. The van der Waals surface area contributed by atoms with Crippen LogP contribution in [0.4, 0.5) is 18.9 Å². The normalized spacial score (nSPS) is 15.7. The second-order valence-electron chi connectivity index (χ2n) is 4.97. The van der Waals surface area contributed by atoms with Gasteiger partial charge in [0.25, 0.3) is 5.91 Å². The number of aromatic hydroxyl groups is 1. The smallest absolute Gasteiger partial charge is 0.416 e. The Balaban J connectivity index is 2.09. The van der Waals surface area contributed by atoms with Crippen molar-refractivity contribution in [3.05, 3.63) is 58.1 Å². The minimum Gasteiger partial charge on any atom is -0.507 e. The van der Waals surface area contributed by atoms with Gasteiger partial charge in [0.2, 0.25) is 0 Å². The number of benzene rings is 2. The minimum atomic E-state index is -4.49. The van der Waals surface area contributed by atoms with Crippen molar-refractivity contribution in [1.29, 1.82) is 0 Å². The number of fused-ring (bicyclic) bond motifs is 1. The molecule has 0 radical (unpaired) electrons. The number of hydrogen-bond acceptors (Lipinski definition) is 2. The summed E-state index contributed by atoms with van der Waals surface area (Å²) in [4.78, 5) is 12.0. The Bertz CT molecular complexity index is 844. The number of hydrogen-bond donors (Lipinski definition) is 2. The highest BCUT2D eigenvalue weighted by Gasteiger charge is 2.33. The van der Waals surface area contributed by atoms with E-state index in [1.807, 2.05) is 0 Å². The molecule has 23 heavy (non-hydrogen) atoms. The van der Waals surface area contributed by atoms with Gasteiger partial charge in [-0.15, -0.1) is 0 Å².